The highest BCUT2D eigenvalue weighted by Crippen LogP contribution is 2.64. The fraction of sp³-hybridized carbons (Fsp3) is 0.154. The standard InChI is InChI=1S/C13H9NS6/c1-3-14-4-2-8(1)9-7-17-12(18-9)13-19-10-11(20-13)16-6-5-15-10/h1-4,7H,5-6H2. The number of aromatic nitrogens is 1. The van der Waals surface area contributed by atoms with Gasteiger partial charge in [-0.15, -0.1) is 23.5 Å². The number of pyridine rings is 1. The molecule has 3 aliphatic rings. The first-order valence-corrected chi connectivity index (χ1v) is 11.2. The molecule has 1 aromatic heterocycles. The molecule has 0 aliphatic carbocycles. The van der Waals surface area contributed by atoms with Crippen molar-refractivity contribution in [3.63, 3.8) is 0 Å². The van der Waals surface area contributed by atoms with Crippen molar-refractivity contribution in [1.29, 1.82) is 0 Å². The molecule has 3 aliphatic heterocycles. The van der Waals surface area contributed by atoms with E-state index in [1.54, 1.807) is 0 Å². The van der Waals surface area contributed by atoms with Crippen molar-refractivity contribution in [2.24, 2.45) is 0 Å². The van der Waals surface area contributed by atoms with Gasteiger partial charge in [-0.3, -0.25) is 4.98 Å². The number of hydrogen-bond acceptors (Lipinski definition) is 7. The van der Waals surface area contributed by atoms with Crippen molar-refractivity contribution in [3.8, 4) is 0 Å². The summed E-state index contributed by atoms with van der Waals surface area (Å²) in [6.07, 6.45) is 3.72. The largest absolute Gasteiger partial charge is 0.265 e. The highest BCUT2D eigenvalue weighted by atomic mass is 32.3. The Morgan fingerprint density at radius 1 is 0.800 bits per heavy atom. The van der Waals surface area contributed by atoms with Gasteiger partial charge in [-0.1, -0.05) is 47.0 Å². The van der Waals surface area contributed by atoms with Gasteiger partial charge in [-0.25, -0.2) is 0 Å². The topological polar surface area (TPSA) is 12.9 Å². The molecule has 0 fully saturated rings. The van der Waals surface area contributed by atoms with Gasteiger partial charge in [0, 0.05) is 28.8 Å². The molecule has 0 radical (unpaired) electrons. The average molecular weight is 372 g/mol. The molecule has 0 unspecified atom stereocenters. The van der Waals surface area contributed by atoms with E-state index in [4.69, 9.17) is 0 Å². The fourth-order valence-corrected chi connectivity index (χ4v) is 10.4. The summed E-state index contributed by atoms with van der Waals surface area (Å²) in [7, 11) is 0. The number of rotatable bonds is 1. The molecule has 0 saturated carbocycles. The maximum Gasteiger partial charge on any atom is 0.0717 e. The van der Waals surface area contributed by atoms with Gasteiger partial charge in [-0.05, 0) is 23.1 Å². The Morgan fingerprint density at radius 3 is 2.20 bits per heavy atom. The molecule has 0 saturated heterocycles. The summed E-state index contributed by atoms with van der Waals surface area (Å²) in [5.74, 6) is 2.50. The van der Waals surface area contributed by atoms with E-state index in [-0.39, 0.29) is 0 Å². The Bertz CT molecular complexity index is 614. The number of nitrogens with zero attached hydrogens (tertiary/aromatic N) is 1. The van der Waals surface area contributed by atoms with Crippen LogP contribution in [0.5, 0.6) is 0 Å². The van der Waals surface area contributed by atoms with Gasteiger partial charge in [0.15, 0.2) is 0 Å². The molecular weight excluding hydrogens is 363 g/mol. The number of hydrogen-bond donors (Lipinski definition) is 0. The van der Waals surface area contributed by atoms with Crippen molar-refractivity contribution in [2.75, 3.05) is 11.5 Å². The molecule has 0 amide bonds. The lowest BCUT2D eigenvalue weighted by Crippen LogP contribution is -1.88. The minimum atomic E-state index is 1.25. The zero-order valence-corrected chi connectivity index (χ0v) is 15.1. The maximum atomic E-state index is 4.09. The van der Waals surface area contributed by atoms with E-state index in [1.165, 1.54) is 38.9 Å². The lowest BCUT2D eigenvalue weighted by atomic mass is 10.3. The smallest absolute Gasteiger partial charge is 0.0717 e. The van der Waals surface area contributed by atoms with Crippen molar-refractivity contribution < 1.29 is 0 Å². The third-order valence-electron chi connectivity index (χ3n) is 2.69. The summed E-state index contributed by atoms with van der Waals surface area (Å²) in [6, 6.07) is 4.16. The third kappa shape index (κ3) is 2.85. The fourth-order valence-electron chi connectivity index (χ4n) is 1.79. The van der Waals surface area contributed by atoms with Crippen molar-refractivity contribution >= 4 is 75.5 Å². The SMILES string of the molecule is C1=C(c2ccncc2)SC(=C2SC3=C(SCCS3)S2)S1. The Morgan fingerprint density at radius 2 is 1.50 bits per heavy atom. The van der Waals surface area contributed by atoms with Crippen molar-refractivity contribution in [2.45, 2.75) is 0 Å². The molecule has 4 rings (SSSR count). The lowest BCUT2D eigenvalue weighted by molar-refractivity contribution is 1.32. The summed E-state index contributed by atoms with van der Waals surface area (Å²) in [5, 5.41) is 2.26. The summed E-state index contributed by atoms with van der Waals surface area (Å²) in [6.45, 7) is 0. The molecule has 4 heterocycles. The molecule has 0 spiro atoms. The Balaban J connectivity index is 1.52. The van der Waals surface area contributed by atoms with Crippen LogP contribution in [0.15, 0.2) is 46.9 Å². The van der Waals surface area contributed by atoms with Crippen LogP contribution >= 0.6 is 70.6 Å². The predicted molar refractivity (Wildman–Crippen MR) is 102 cm³/mol. The normalized spacial score (nSPS) is 22.3. The summed E-state index contributed by atoms with van der Waals surface area (Å²) in [4.78, 5) is 5.43. The van der Waals surface area contributed by atoms with Crippen LogP contribution in [0.4, 0.5) is 0 Å². The summed E-state index contributed by atoms with van der Waals surface area (Å²) in [5.41, 5.74) is 1.27. The van der Waals surface area contributed by atoms with Crippen LogP contribution in [0, 0.1) is 0 Å². The first kappa shape index (κ1) is 14.1. The second-order valence-corrected chi connectivity index (χ2v) is 11.2. The summed E-state index contributed by atoms with van der Waals surface area (Å²) >= 11 is 11.7. The van der Waals surface area contributed by atoms with Gasteiger partial charge >= 0.3 is 0 Å². The molecular formula is C13H9NS6. The highest BCUT2D eigenvalue weighted by Gasteiger charge is 2.29. The van der Waals surface area contributed by atoms with Crippen LogP contribution in [0.25, 0.3) is 4.91 Å². The van der Waals surface area contributed by atoms with Crippen LogP contribution in [0.2, 0.25) is 0 Å². The molecule has 7 heteroatoms. The monoisotopic (exact) mass is 371 g/mol. The molecule has 1 nitrogen and oxygen atoms in total. The highest BCUT2D eigenvalue weighted by molar-refractivity contribution is 8.43. The average Bonchev–Trinajstić information content (AvgIpc) is 3.14. The summed E-state index contributed by atoms with van der Waals surface area (Å²) < 4.78 is 5.94. The first-order chi connectivity index (χ1) is 9.90. The molecule has 0 aromatic carbocycles. The van der Waals surface area contributed by atoms with E-state index in [2.05, 4.69) is 22.5 Å². The van der Waals surface area contributed by atoms with E-state index in [0.717, 1.165) is 0 Å². The van der Waals surface area contributed by atoms with Gasteiger partial charge in [-0.2, -0.15) is 0 Å². The van der Waals surface area contributed by atoms with Gasteiger partial charge in [0.2, 0.25) is 0 Å². The van der Waals surface area contributed by atoms with Gasteiger partial charge in [0.1, 0.15) is 0 Å². The minimum absolute atomic E-state index is 1.25. The van der Waals surface area contributed by atoms with Crippen molar-refractivity contribution in [1.82, 2.24) is 4.98 Å². The maximum absolute atomic E-state index is 4.09. The molecule has 102 valence electrons. The van der Waals surface area contributed by atoms with E-state index >= 15 is 0 Å². The first-order valence-electron chi connectivity index (χ1n) is 5.95. The Labute approximate surface area is 143 Å². The van der Waals surface area contributed by atoms with E-state index in [9.17, 15) is 0 Å². The van der Waals surface area contributed by atoms with Crippen LogP contribution in [0.1, 0.15) is 5.56 Å². The van der Waals surface area contributed by atoms with Crippen LogP contribution in [-0.4, -0.2) is 16.5 Å². The zero-order chi connectivity index (χ0) is 13.4. The van der Waals surface area contributed by atoms with Crippen LogP contribution in [-0.2, 0) is 0 Å². The molecule has 0 N–H and O–H groups in total. The minimum Gasteiger partial charge on any atom is -0.265 e. The molecule has 1 aromatic rings. The molecule has 20 heavy (non-hydrogen) atoms. The lowest BCUT2D eigenvalue weighted by Gasteiger charge is -2.08. The van der Waals surface area contributed by atoms with Gasteiger partial charge in [0.25, 0.3) is 0 Å². The van der Waals surface area contributed by atoms with E-state index in [1.807, 2.05) is 83.0 Å². The second-order valence-electron chi connectivity index (χ2n) is 3.99. The second kappa shape index (κ2) is 6.30. The molecule has 0 atom stereocenters. The van der Waals surface area contributed by atoms with Gasteiger partial charge in [0.05, 0.1) is 16.9 Å². The van der Waals surface area contributed by atoms with Gasteiger partial charge < -0.3 is 0 Å². The molecule has 0 bridgehead atoms. The van der Waals surface area contributed by atoms with Crippen LogP contribution in [0.3, 0.4) is 0 Å². The Kier molecular flexibility index (Phi) is 4.44. The Hall–Kier alpha value is 0.470. The van der Waals surface area contributed by atoms with Crippen molar-refractivity contribution in [3.05, 3.63) is 52.4 Å². The third-order valence-corrected chi connectivity index (χ3v) is 11.4. The quantitative estimate of drug-likeness (QED) is 0.586. The predicted octanol–water partition coefficient (Wildman–Crippen LogP) is 6.07. The van der Waals surface area contributed by atoms with E-state index < -0.39 is 0 Å². The zero-order valence-electron chi connectivity index (χ0n) is 10.2. The van der Waals surface area contributed by atoms with E-state index in [0.29, 0.717) is 0 Å². The van der Waals surface area contributed by atoms with Crippen LogP contribution < -0.4 is 0 Å². The number of thioether (sulfide) groups is 6.